The molecule has 0 spiro atoms. The molecule has 0 aromatic heterocycles. The number of carboxylic acid groups (broad SMARTS) is 1. The van der Waals surface area contributed by atoms with E-state index in [0.717, 1.165) is 0 Å². The molecule has 80 valence electrons. The van der Waals surface area contributed by atoms with Crippen molar-refractivity contribution >= 4 is 29.0 Å². The number of hydrogen-bond acceptors (Lipinski definition) is 3. The van der Waals surface area contributed by atoms with E-state index in [-0.39, 0.29) is 5.11 Å². The van der Waals surface area contributed by atoms with Gasteiger partial charge in [-0.1, -0.05) is 12.1 Å². The van der Waals surface area contributed by atoms with E-state index in [1.54, 1.807) is 24.3 Å². The van der Waals surface area contributed by atoms with Crippen LogP contribution in [0.4, 0.5) is 5.69 Å². The van der Waals surface area contributed by atoms with Crippen LogP contribution in [-0.2, 0) is 4.79 Å². The van der Waals surface area contributed by atoms with Gasteiger partial charge in [-0.3, -0.25) is 4.79 Å². The zero-order valence-electron chi connectivity index (χ0n) is 7.81. The van der Waals surface area contributed by atoms with Crippen LogP contribution < -0.4 is 16.8 Å². The van der Waals surface area contributed by atoms with Crippen molar-refractivity contribution in [2.75, 3.05) is 5.32 Å². The fourth-order valence-corrected chi connectivity index (χ4v) is 1.21. The Morgan fingerprint density at radius 3 is 2.73 bits per heavy atom. The highest BCUT2D eigenvalue weighted by Gasteiger charge is 2.13. The van der Waals surface area contributed by atoms with E-state index >= 15 is 0 Å². The van der Waals surface area contributed by atoms with Crippen molar-refractivity contribution in [2.45, 2.75) is 6.04 Å². The molecule has 0 aliphatic rings. The first-order chi connectivity index (χ1) is 7.00. The molecule has 1 atom stereocenters. The summed E-state index contributed by atoms with van der Waals surface area (Å²) in [5.74, 6) is -1.08. The van der Waals surface area contributed by atoms with Gasteiger partial charge in [0, 0.05) is 5.69 Å². The first kappa shape index (κ1) is 11.4. The summed E-state index contributed by atoms with van der Waals surface area (Å²) in [6, 6.07) is 5.58. The Morgan fingerprint density at radius 2 is 2.20 bits per heavy atom. The molecule has 0 aliphatic carbocycles. The fourth-order valence-electron chi connectivity index (χ4n) is 1.09. The van der Waals surface area contributed by atoms with Crippen molar-refractivity contribution in [2.24, 2.45) is 11.5 Å². The van der Waals surface area contributed by atoms with Crippen molar-refractivity contribution in [1.29, 1.82) is 0 Å². The van der Waals surface area contributed by atoms with Crippen molar-refractivity contribution in [1.82, 2.24) is 0 Å². The van der Waals surface area contributed by atoms with Crippen LogP contribution in [0, 0.1) is 0 Å². The molecule has 0 amide bonds. The smallest absolute Gasteiger partial charge is 0.325 e. The summed E-state index contributed by atoms with van der Waals surface area (Å²) < 4.78 is 0. The normalized spacial score (nSPS) is 11.8. The van der Waals surface area contributed by atoms with E-state index in [2.05, 4.69) is 17.5 Å². The summed E-state index contributed by atoms with van der Waals surface area (Å²) in [5, 5.41) is 11.5. The SMILES string of the molecule is NC(=S)Nc1cccc([C@H](N)C(=O)O)c1. The lowest BCUT2D eigenvalue weighted by Crippen LogP contribution is -2.22. The standard InChI is InChI=1S/C9H11N3O2S/c10-7(8(13)14)5-2-1-3-6(4-5)12-9(11)15/h1-4,7H,10H2,(H,13,14)(H3,11,12,15)/t7-/m0/s1. The molecule has 1 aromatic carbocycles. The van der Waals surface area contributed by atoms with Crippen molar-refractivity contribution in [3.63, 3.8) is 0 Å². The Hall–Kier alpha value is -1.66. The molecule has 0 fully saturated rings. The summed E-state index contributed by atoms with van der Waals surface area (Å²) in [6.45, 7) is 0. The van der Waals surface area contributed by atoms with Crippen LogP contribution >= 0.6 is 12.2 Å². The molecule has 0 unspecified atom stereocenters. The monoisotopic (exact) mass is 225 g/mol. The van der Waals surface area contributed by atoms with Crippen molar-refractivity contribution < 1.29 is 9.90 Å². The third-order valence-corrected chi connectivity index (χ3v) is 1.88. The molecule has 1 aromatic rings. The number of benzene rings is 1. The van der Waals surface area contributed by atoms with Crippen LogP contribution in [0.1, 0.15) is 11.6 Å². The first-order valence-corrected chi connectivity index (χ1v) is 4.56. The molecule has 5 nitrogen and oxygen atoms in total. The quantitative estimate of drug-likeness (QED) is 0.556. The van der Waals surface area contributed by atoms with Crippen LogP contribution in [0.25, 0.3) is 0 Å². The summed E-state index contributed by atoms with van der Waals surface area (Å²) in [7, 11) is 0. The van der Waals surface area contributed by atoms with Crippen molar-refractivity contribution in [3.8, 4) is 0 Å². The Morgan fingerprint density at radius 1 is 1.53 bits per heavy atom. The highest BCUT2D eigenvalue weighted by Crippen LogP contribution is 2.15. The van der Waals surface area contributed by atoms with Gasteiger partial charge >= 0.3 is 5.97 Å². The molecule has 1 rings (SSSR count). The van der Waals surface area contributed by atoms with E-state index in [4.69, 9.17) is 16.6 Å². The van der Waals surface area contributed by atoms with Crippen LogP contribution in [0.2, 0.25) is 0 Å². The number of carboxylic acids is 1. The number of nitrogens with two attached hydrogens (primary N) is 2. The highest BCUT2D eigenvalue weighted by molar-refractivity contribution is 7.80. The molecule has 0 heterocycles. The van der Waals surface area contributed by atoms with Gasteiger partial charge in [-0.05, 0) is 29.9 Å². The fraction of sp³-hybridized carbons (Fsp3) is 0.111. The third-order valence-electron chi connectivity index (χ3n) is 1.78. The average molecular weight is 225 g/mol. The summed E-state index contributed by atoms with van der Waals surface area (Å²) in [4.78, 5) is 10.6. The first-order valence-electron chi connectivity index (χ1n) is 4.15. The minimum Gasteiger partial charge on any atom is -0.480 e. The minimum atomic E-state index is -1.08. The van der Waals surface area contributed by atoms with Crippen molar-refractivity contribution in [3.05, 3.63) is 29.8 Å². The van der Waals surface area contributed by atoms with E-state index in [1.807, 2.05) is 0 Å². The second-order valence-corrected chi connectivity index (χ2v) is 3.37. The molecule has 0 bridgehead atoms. The predicted molar refractivity (Wildman–Crippen MR) is 61.4 cm³/mol. The molecule has 0 aliphatic heterocycles. The zero-order chi connectivity index (χ0) is 11.4. The molecular formula is C9H11N3O2S. The molecule has 0 saturated carbocycles. The lowest BCUT2D eigenvalue weighted by molar-refractivity contribution is -0.138. The topological polar surface area (TPSA) is 101 Å². The Kier molecular flexibility index (Phi) is 3.59. The number of anilines is 1. The Bertz CT molecular complexity index is 395. The van der Waals surface area contributed by atoms with E-state index < -0.39 is 12.0 Å². The van der Waals surface area contributed by atoms with Crippen LogP contribution in [0.3, 0.4) is 0 Å². The molecule has 15 heavy (non-hydrogen) atoms. The van der Waals surface area contributed by atoms with E-state index in [9.17, 15) is 4.79 Å². The maximum absolute atomic E-state index is 10.6. The number of carbonyl (C=O) groups is 1. The summed E-state index contributed by atoms with van der Waals surface area (Å²) in [5.41, 5.74) is 11.8. The van der Waals surface area contributed by atoms with Gasteiger partial charge in [-0.2, -0.15) is 0 Å². The van der Waals surface area contributed by atoms with Gasteiger partial charge in [-0.25, -0.2) is 0 Å². The molecular weight excluding hydrogens is 214 g/mol. The minimum absolute atomic E-state index is 0.121. The highest BCUT2D eigenvalue weighted by atomic mass is 32.1. The lowest BCUT2D eigenvalue weighted by Gasteiger charge is -2.09. The molecule has 6 N–H and O–H groups in total. The Balaban J connectivity index is 2.92. The maximum atomic E-state index is 10.6. The van der Waals surface area contributed by atoms with Gasteiger partial charge in [0.25, 0.3) is 0 Å². The predicted octanol–water partition coefficient (Wildman–Crippen LogP) is 0.426. The molecule has 0 radical (unpaired) electrons. The van der Waals surface area contributed by atoms with E-state index in [1.165, 1.54) is 0 Å². The number of thiocarbonyl (C=S) groups is 1. The van der Waals surface area contributed by atoms with E-state index in [0.29, 0.717) is 11.3 Å². The van der Waals surface area contributed by atoms with Gasteiger partial charge in [0.15, 0.2) is 5.11 Å². The number of hydrogen-bond donors (Lipinski definition) is 4. The van der Waals surface area contributed by atoms with Gasteiger partial charge < -0.3 is 21.9 Å². The summed E-state index contributed by atoms with van der Waals surface area (Å²) >= 11 is 4.66. The van der Waals surface area contributed by atoms with Crippen LogP contribution in [0.15, 0.2) is 24.3 Å². The van der Waals surface area contributed by atoms with Gasteiger partial charge in [-0.15, -0.1) is 0 Å². The molecule has 6 heteroatoms. The molecule has 0 saturated heterocycles. The lowest BCUT2D eigenvalue weighted by atomic mass is 10.1. The second-order valence-electron chi connectivity index (χ2n) is 2.93. The second kappa shape index (κ2) is 4.72. The van der Waals surface area contributed by atoms with Gasteiger partial charge in [0.2, 0.25) is 0 Å². The summed E-state index contributed by atoms with van der Waals surface area (Å²) in [6.07, 6.45) is 0. The Labute approximate surface area is 92.1 Å². The number of nitrogens with one attached hydrogen (secondary N) is 1. The van der Waals surface area contributed by atoms with Crippen LogP contribution in [0.5, 0.6) is 0 Å². The average Bonchev–Trinajstić information content (AvgIpc) is 2.16. The van der Waals surface area contributed by atoms with Gasteiger partial charge in [0.05, 0.1) is 0 Å². The van der Waals surface area contributed by atoms with Gasteiger partial charge in [0.1, 0.15) is 6.04 Å². The third kappa shape index (κ3) is 3.19. The van der Waals surface area contributed by atoms with Crippen LogP contribution in [-0.4, -0.2) is 16.2 Å². The number of rotatable bonds is 3. The maximum Gasteiger partial charge on any atom is 0.325 e. The number of aliphatic carboxylic acids is 1. The largest absolute Gasteiger partial charge is 0.480 e. The zero-order valence-corrected chi connectivity index (χ0v) is 8.62.